The lowest BCUT2D eigenvalue weighted by Crippen LogP contribution is -2.13. The van der Waals surface area contributed by atoms with E-state index in [1.54, 1.807) is 0 Å². The second kappa shape index (κ2) is 7.06. The fourth-order valence-electron chi connectivity index (χ4n) is 1.58. The molecule has 0 aliphatic carbocycles. The number of aliphatic hydroxyl groups is 1. The summed E-state index contributed by atoms with van der Waals surface area (Å²) < 4.78 is 0. The van der Waals surface area contributed by atoms with Crippen LogP contribution in [0.25, 0.3) is 0 Å². The molecule has 1 heterocycles. The van der Waals surface area contributed by atoms with Gasteiger partial charge in [-0.2, -0.15) is 0 Å². The number of hydrogen-bond donors (Lipinski definition) is 3. The Hall–Kier alpha value is -1.36. The summed E-state index contributed by atoms with van der Waals surface area (Å²) in [6.45, 7) is 7.58. The molecule has 0 fully saturated rings. The lowest BCUT2D eigenvalue weighted by molar-refractivity contribution is 0.311. The van der Waals surface area contributed by atoms with Crippen LogP contribution < -0.4 is 10.6 Å². The molecule has 0 spiro atoms. The highest BCUT2D eigenvalue weighted by atomic mass is 16.3. The summed E-state index contributed by atoms with van der Waals surface area (Å²) in [7, 11) is 0. The Labute approximate surface area is 103 Å². The zero-order valence-corrected chi connectivity index (χ0v) is 10.9. The predicted molar refractivity (Wildman–Crippen MR) is 70.5 cm³/mol. The van der Waals surface area contributed by atoms with Crippen molar-refractivity contribution in [2.75, 3.05) is 30.3 Å². The van der Waals surface area contributed by atoms with Crippen LogP contribution in [-0.4, -0.2) is 34.8 Å². The molecule has 1 aromatic rings. The third-order valence-electron chi connectivity index (χ3n) is 2.41. The van der Waals surface area contributed by atoms with E-state index in [1.807, 2.05) is 13.8 Å². The van der Waals surface area contributed by atoms with Crippen molar-refractivity contribution in [3.63, 3.8) is 0 Å². The molecule has 0 aliphatic rings. The zero-order valence-electron chi connectivity index (χ0n) is 10.9. The molecule has 3 N–H and O–H groups in total. The number of anilines is 2. The largest absolute Gasteiger partial charge is 0.395 e. The molecule has 17 heavy (non-hydrogen) atoms. The second-order valence-corrected chi connectivity index (χ2v) is 3.89. The maximum absolute atomic E-state index is 8.84. The van der Waals surface area contributed by atoms with Crippen molar-refractivity contribution in [1.29, 1.82) is 0 Å². The van der Waals surface area contributed by atoms with Crippen LogP contribution in [0.3, 0.4) is 0 Å². The maximum Gasteiger partial charge on any atom is 0.134 e. The summed E-state index contributed by atoms with van der Waals surface area (Å²) in [5, 5.41) is 15.2. The summed E-state index contributed by atoms with van der Waals surface area (Å²) in [5.41, 5.74) is 1.00. The van der Waals surface area contributed by atoms with Crippen LogP contribution in [0.2, 0.25) is 0 Å². The van der Waals surface area contributed by atoms with Gasteiger partial charge in [-0.25, -0.2) is 9.97 Å². The van der Waals surface area contributed by atoms with Gasteiger partial charge in [0.2, 0.25) is 0 Å². The summed E-state index contributed by atoms with van der Waals surface area (Å²) in [4.78, 5) is 8.96. The minimum Gasteiger partial charge on any atom is -0.395 e. The normalized spacial score (nSPS) is 10.4. The second-order valence-electron chi connectivity index (χ2n) is 3.89. The molecule has 0 saturated heterocycles. The lowest BCUT2D eigenvalue weighted by Gasteiger charge is -2.13. The highest BCUT2D eigenvalue weighted by Gasteiger charge is 2.09. The fraction of sp³-hybridized carbons (Fsp3) is 0.667. The van der Waals surface area contributed by atoms with Crippen LogP contribution in [-0.2, 0) is 6.42 Å². The Morgan fingerprint density at radius 3 is 2.29 bits per heavy atom. The van der Waals surface area contributed by atoms with E-state index in [0.717, 1.165) is 42.4 Å². The molecule has 5 heteroatoms. The highest BCUT2D eigenvalue weighted by Crippen LogP contribution is 2.20. The van der Waals surface area contributed by atoms with Gasteiger partial charge in [-0.05, 0) is 20.3 Å². The first-order valence-corrected chi connectivity index (χ1v) is 6.19. The Morgan fingerprint density at radius 1 is 1.12 bits per heavy atom. The molecular formula is C12H22N4O. The van der Waals surface area contributed by atoms with Gasteiger partial charge in [0.15, 0.2) is 0 Å². The molecule has 1 rings (SSSR count). The van der Waals surface area contributed by atoms with Gasteiger partial charge in [0.25, 0.3) is 0 Å². The quantitative estimate of drug-likeness (QED) is 0.672. The summed E-state index contributed by atoms with van der Waals surface area (Å²) >= 11 is 0. The van der Waals surface area contributed by atoms with Crippen LogP contribution in [0, 0.1) is 6.92 Å². The van der Waals surface area contributed by atoms with Gasteiger partial charge in [0.1, 0.15) is 17.5 Å². The molecule has 5 nitrogen and oxygen atoms in total. The van der Waals surface area contributed by atoms with Crippen LogP contribution in [0.5, 0.6) is 0 Å². The fourth-order valence-corrected chi connectivity index (χ4v) is 1.58. The van der Waals surface area contributed by atoms with Crippen molar-refractivity contribution in [1.82, 2.24) is 9.97 Å². The van der Waals surface area contributed by atoms with Gasteiger partial charge in [0, 0.05) is 25.1 Å². The molecule has 0 atom stereocenters. The van der Waals surface area contributed by atoms with E-state index in [1.165, 1.54) is 0 Å². The number of nitrogens with zero attached hydrogens (tertiary/aromatic N) is 2. The number of hydrogen-bond acceptors (Lipinski definition) is 5. The number of rotatable bonds is 7. The van der Waals surface area contributed by atoms with Gasteiger partial charge in [0.05, 0.1) is 6.61 Å². The molecule has 0 saturated carbocycles. The Kier molecular flexibility index (Phi) is 5.69. The van der Waals surface area contributed by atoms with Crippen LogP contribution >= 0.6 is 0 Å². The van der Waals surface area contributed by atoms with E-state index in [2.05, 4.69) is 27.5 Å². The number of aryl methyl sites for hydroxylation is 1. The van der Waals surface area contributed by atoms with Crippen molar-refractivity contribution in [3.8, 4) is 0 Å². The first-order valence-electron chi connectivity index (χ1n) is 6.19. The van der Waals surface area contributed by atoms with Gasteiger partial charge in [-0.15, -0.1) is 0 Å². The van der Waals surface area contributed by atoms with Gasteiger partial charge in [-0.1, -0.05) is 6.92 Å². The molecule has 1 aromatic heterocycles. The van der Waals surface area contributed by atoms with Crippen molar-refractivity contribution >= 4 is 11.6 Å². The lowest BCUT2D eigenvalue weighted by atomic mass is 10.2. The smallest absolute Gasteiger partial charge is 0.134 e. The third-order valence-corrected chi connectivity index (χ3v) is 2.41. The van der Waals surface area contributed by atoms with Crippen molar-refractivity contribution in [2.45, 2.75) is 33.6 Å². The van der Waals surface area contributed by atoms with E-state index in [9.17, 15) is 0 Å². The van der Waals surface area contributed by atoms with Crippen molar-refractivity contribution in [3.05, 3.63) is 11.4 Å². The van der Waals surface area contributed by atoms with Crippen molar-refractivity contribution < 1.29 is 5.11 Å². The minimum absolute atomic E-state index is 0.100. The monoisotopic (exact) mass is 238 g/mol. The first kappa shape index (κ1) is 13.7. The number of aliphatic hydroxyl groups excluding tert-OH is 1. The highest BCUT2D eigenvalue weighted by molar-refractivity contribution is 5.57. The summed E-state index contributed by atoms with van der Waals surface area (Å²) in [6, 6.07) is 0. The molecule has 0 aliphatic heterocycles. The molecule has 0 bridgehead atoms. The predicted octanol–water partition coefficient (Wildman–Crippen LogP) is 1.57. The van der Waals surface area contributed by atoms with E-state index in [-0.39, 0.29) is 6.61 Å². The number of aromatic nitrogens is 2. The Bertz CT molecular complexity index is 355. The van der Waals surface area contributed by atoms with E-state index >= 15 is 0 Å². The van der Waals surface area contributed by atoms with Crippen LogP contribution in [0.4, 0.5) is 11.6 Å². The Balaban J connectivity index is 2.99. The summed E-state index contributed by atoms with van der Waals surface area (Å²) in [6.07, 6.45) is 1.89. The molecule has 0 radical (unpaired) electrons. The van der Waals surface area contributed by atoms with E-state index < -0.39 is 0 Å². The average Bonchev–Trinajstić information content (AvgIpc) is 2.32. The van der Waals surface area contributed by atoms with Crippen LogP contribution in [0.1, 0.15) is 31.7 Å². The third kappa shape index (κ3) is 3.85. The molecule has 0 amide bonds. The van der Waals surface area contributed by atoms with Gasteiger partial charge < -0.3 is 15.7 Å². The summed E-state index contributed by atoms with van der Waals surface area (Å²) in [5.74, 6) is 2.54. The zero-order chi connectivity index (χ0) is 12.7. The SMILES string of the molecule is CCCc1nc(NCC)c(C)c(NCCO)n1. The maximum atomic E-state index is 8.84. The minimum atomic E-state index is 0.100. The average molecular weight is 238 g/mol. The van der Waals surface area contributed by atoms with Crippen molar-refractivity contribution in [2.24, 2.45) is 0 Å². The topological polar surface area (TPSA) is 70.1 Å². The standard InChI is InChI=1S/C12H22N4O/c1-4-6-10-15-11(13-5-2)9(3)12(16-10)14-7-8-17/h17H,4-8H2,1-3H3,(H2,13,14,15,16). The molecule has 96 valence electrons. The van der Waals surface area contributed by atoms with E-state index in [0.29, 0.717) is 6.54 Å². The van der Waals surface area contributed by atoms with Gasteiger partial charge in [-0.3, -0.25) is 0 Å². The van der Waals surface area contributed by atoms with E-state index in [4.69, 9.17) is 5.11 Å². The molecule has 0 aromatic carbocycles. The number of nitrogens with one attached hydrogen (secondary N) is 2. The first-order chi connectivity index (χ1) is 8.22. The van der Waals surface area contributed by atoms with Crippen LogP contribution in [0.15, 0.2) is 0 Å². The molecular weight excluding hydrogens is 216 g/mol. The molecule has 0 unspecified atom stereocenters. The Morgan fingerprint density at radius 2 is 1.76 bits per heavy atom. The van der Waals surface area contributed by atoms with Gasteiger partial charge >= 0.3 is 0 Å².